The van der Waals surface area contributed by atoms with Crippen LogP contribution in [-0.4, -0.2) is 9.97 Å². The standard InChI is InChI=1S/C14H15ClFN3/c1-8(17)11-7-18-14(19-9(11)2)6-10-12(15)4-3-5-13(10)16/h3-5,7-8H,6,17H2,1-2H3/t8-/m1/s1. The van der Waals surface area contributed by atoms with Crippen LogP contribution in [0.15, 0.2) is 24.4 Å². The highest BCUT2D eigenvalue weighted by Gasteiger charge is 2.12. The molecule has 0 saturated carbocycles. The molecule has 1 atom stereocenters. The average molecular weight is 280 g/mol. The molecule has 2 rings (SSSR count). The van der Waals surface area contributed by atoms with Gasteiger partial charge in [0.05, 0.1) is 0 Å². The van der Waals surface area contributed by atoms with Crippen molar-refractivity contribution in [3.63, 3.8) is 0 Å². The van der Waals surface area contributed by atoms with E-state index >= 15 is 0 Å². The van der Waals surface area contributed by atoms with Gasteiger partial charge >= 0.3 is 0 Å². The highest BCUT2D eigenvalue weighted by atomic mass is 35.5. The van der Waals surface area contributed by atoms with Crippen LogP contribution in [0.3, 0.4) is 0 Å². The fourth-order valence-electron chi connectivity index (χ4n) is 1.92. The van der Waals surface area contributed by atoms with Gasteiger partial charge in [0.2, 0.25) is 0 Å². The van der Waals surface area contributed by atoms with Gasteiger partial charge in [0.15, 0.2) is 0 Å². The number of nitrogens with two attached hydrogens (primary N) is 1. The molecule has 0 radical (unpaired) electrons. The molecule has 0 amide bonds. The Hall–Kier alpha value is -1.52. The quantitative estimate of drug-likeness (QED) is 0.939. The van der Waals surface area contributed by atoms with Crippen molar-refractivity contribution in [2.24, 2.45) is 5.73 Å². The fourth-order valence-corrected chi connectivity index (χ4v) is 2.15. The number of halogens is 2. The van der Waals surface area contributed by atoms with Crippen LogP contribution in [0.4, 0.5) is 4.39 Å². The molecule has 2 aromatic rings. The lowest BCUT2D eigenvalue weighted by Gasteiger charge is -2.10. The average Bonchev–Trinajstić information content (AvgIpc) is 2.33. The van der Waals surface area contributed by atoms with E-state index < -0.39 is 0 Å². The normalized spacial score (nSPS) is 12.5. The summed E-state index contributed by atoms with van der Waals surface area (Å²) in [4.78, 5) is 8.58. The first kappa shape index (κ1) is 13.9. The van der Waals surface area contributed by atoms with Crippen molar-refractivity contribution in [2.45, 2.75) is 26.3 Å². The summed E-state index contributed by atoms with van der Waals surface area (Å²) in [5.41, 5.74) is 7.92. The summed E-state index contributed by atoms with van der Waals surface area (Å²) in [6, 6.07) is 4.49. The van der Waals surface area contributed by atoms with Crippen LogP contribution in [0, 0.1) is 12.7 Å². The lowest BCUT2D eigenvalue weighted by atomic mass is 10.1. The Bertz CT molecular complexity index is 579. The molecule has 0 spiro atoms. The van der Waals surface area contributed by atoms with Crippen molar-refractivity contribution < 1.29 is 4.39 Å². The zero-order valence-electron chi connectivity index (χ0n) is 10.8. The molecule has 5 heteroatoms. The van der Waals surface area contributed by atoms with Crippen LogP contribution in [0.5, 0.6) is 0 Å². The molecule has 0 aliphatic rings. The highest BCUT2D eigenvalue weighted by molar-refractivity contribution is 6.31. The van der Waals surface area contributed by atoms with Crippen molar-refractivity contribution >= 4 is 11.6 Å². The Labute approximate surface area is 116 Å². The Kier molecular flexibility index (Phi) is 4.12. The van der Waals surface area contributed by atoms with E-state index in [0.717, 1.165) is 11.3 Å². The van der Waals surface area contributed by atoms with Gasteiger partial charge in [-0.05, 0) is 26.0 Å². The van der Waals surface area contributed by atoms with Crippen LogP contribution in [0.1, 0.15) is 35.6 Å². The van der Waals surface area contributed by atoms with E-state index in [1.807, 2.05) is 13.8 Å². The second-order valence-electron chi connectivity index (χ2n) is 4.49. The van der Waals surface area contributed by atoms with Crippen molar-refractivity contribution in [3.05, 3.63) is 57.9 Å². The zero-order valence-corrected chi connectivity index (χ0v) is 11.6. The van der Waals surface area contributed by atoms with Crippen molar-refractivity contribution in [2.75, 3.05) is 0 Å². The second-order valence-corrected chi connectivity index (χ2v) is 4.90. The van der Waals surface area contributed by atoms with Crippen molar-refractivity contribution in [3.8, 4) is 0 Å². The molecular formula is C14H15ClFN3. The van der Waals surface area contributed by atoms with E-state index in [1.165, 1.54) is 6.07 Å². The van der Waals surface area contributed by atoms with Crippen molar-refractivity contribution in [1.82, 2.24) is 9.97 Å². The van der Waals surface area contributed by atoms with E-state index in [2.05, 4.69) is 9.97 Å². The minimum absolute atomic E-state index is 0.119. The maximum Gasteiger partial charge on any atom is 0.133 e. The van der Waals surface area contributed by atoms with Gasteiger partial charge < -0.3 is 5.73 Å². The van der Waals surface area contributed by atoms with Gasteiger partial charge in [0.25, 0.3) is 0 Å². The smallest absolute Gasteiger partial charge is 0.133 e. The first-order chi connectivity index (χ1) is 8.99. The maximum atomic E-state index is 13.7. The lowest BCUT2D eigenvalue weighted by Crippen LogP contribution is -2.11. The van der Waals surface area contributed by atoms with Gasteiger partial charge in [-0.3, -0.25) is 0 Å². The van der Waals surface area contributed by atoms with E-state index in [4.69, 9.17) is 17.3 Å². The summed E-state index contributed by atoms with van der Waals surface area (Å²) in [5, 5.41) is 0.387. The topological polar surface area (TPSA) is 51.8 Å². The van der Waals surface area contributed by atoms with Gasteiger partial charge in [-0.2, -0.15) is 0 Å². The molecule has 0 unspecified atom stereocenters. The highest BCUT2D eigenvalue weighted by Crippen LogP contribution is 2.21. The predicted molar refractivity (Wildman–Crippen MR) is 73.6 cm³/mol. The Morgan fingerprint density at radius 2 is 2.16 bits per heavy atom. The zero-order chi connectivity index (χ0) is 14.0. The largest absolute Gasteiger partial charge is 0.324 e. The SMILES string of the molecule is Cc1nc(Cc2c(F)cccc2Cl)ncc1[C@@H](C)N. The van der Waals surface area contributed by atoms with Crippen molar-refractivity contribution in [1.29, 1.82) is 0 Å². The van der Waals surface area contributed by atoms with Gasteiger partial charge in [-0.1, -0.05) is 17.7 Å². The second kappa shape index (κ2) is 5.63. The van der Waals surface area contributed by atoms with E-state index in [-0.39, 0.29) is 18.3 Å². The third-order valence-electron chi connectivity index (χ3n) is 2.95. The number of hydrogen-bond acceptors (Lipinski definition) is 3. The van der Waals surface area contributed by atoms with Gasteiger partial charge in [0, 0.05) is 40.5 Å². The van der Waals surface area contributed by atoms with Gasteiger partial charge in [-0.25, -0.2) is 14.4 Å². The number of aromatic nitrogens is 2. The van der Waals surface area contributed by atoms with Crippen LogP contribution < -0.4 is 5.73 Å². The summed E-state index contributed by atoms with van der Waals surface area (Å²) < 4.78 is 13.7. The third-order valence-corrected chi connectivity index (χ3v) is 3.31. The molecule has 1 aromatic carbocycles. The van der Waals surface area contributed by atoms with Gasteiger partial charge in [0.1, 0.15) is 11.6 Å². The van der Waals surface area contributed by atoms with Gasteiger partial charge in [-0.15, -0.1) is 0 Å². The molecule has 19 heavy (non-hydrogen) atoms. The molecule has 0 bridgehead atoms. The molecule has 3 nitrogen and oxygen atoms in total. The number of rotatable bonds is 3. The summed E-state index contributed by atoms with van der Waals surface area (Å²) in [7, 11) is 0. The fraction of sp³-hybridized carbons (Fsp3) is 0.286. The van der Waals surface area contributed by atoms with E-state index in [0.29, 0.717) is 16.4 Å². The molecule has 0 aliphatic heterocycles. The molecule has 0 aliphatic carbocycles. The summed E-state index contributed by atoms with van der Waals surface area (Å²) in [6.07, 6.45) is 1.96. The molecule has 1 heterocycles. The number of aryl methyl sites for hydroxylation is 1. The Morgan fingerprint density at radius 3 is 2.74 bits per heavy atom. The predicted octanol–water partition coefficient (Wildman–Crippen LogP) is 3.19. The number of nitrogens with zero attached hydrogens (tertiary/aromatic N) is 2. The molecule has 0 saturated heterocycles. The van der Waals surface area contributed by atoms with Crippen LogP contribution in [0.25, 0.3) is 0 Å². The minimum atomic E-state index is -0.343. The summed E-state index contributed by atoms with van der Waals surface area (Å²) >= 11 is 5.99. The molecule has 0 fully saturated rings. The molecule has 100 valence electrons. The summed E-state index contributed by atoms with van der Waals surface area (Å²) in [6.45, 7) is 3.74. The molecular weight excluding hydrogens is 265 g/mol. The van der Waals surface area contributed by atoms with E-state index in [1.54, 1.807) is 18.3 Å². The summed E-state index contributed by atoms with van der Waals surface area (Å²) in [5.74, 6) is 0.193. The first-order valence-corrected chi connectivity index (χ1v) is 6.37. The first-order valence-electron chi connectivity index (χ1n) is 6.00. The number of hydrogen-bond donors (Lipinski definition) is 1. The molecule has 1 aromatic heterocycles. The number of benzene rings is 1. The minimum Gasteiger partial charge on any atom is -0.324 e. The third kappa shape index (κ3) is 3.08. The molecule has 2 N–H and O–H groups in total. The Morgan fingerprint density at radius 1 is 1.42 bits per heavy atom. The van der Waals surface area contributed by atoms with Crippen LogP contribution in [-0.2, 0) is 6.42 Å². The van der Waals surface area contributed by atoms with Crippen LogP contribution in [0.2, 0.25) is 5.02 Å². The Balaban J connectivity index is 2.32. The van der Waals surface area contributed by atoms with E-state index in [9.17, 15) is 4.39 Å². The van der Waals surface area contributed by atoms with Crippen LogP contribution >= 0.6 is 11.6 Å². The maximum absolute atomic E-state index is 13.7. The lowest BCUT2D eigenvalue weighted by molar-refractivity contribution is 0.612. The monoisotopic (exact) mass is 279 g/mol.